The molecule has 0 atom stereocenters. The minimum atomic E-state index is -0.105. The number of ether oxygens (including phenoxy) is 1. The quantitative estimate of drug-likeness (QED) is 0.601. The average Bonchev–Trinajstić information content (AvgIpc) is 3.16. The van der Waals surface area contributed by atoms with Gasteiger partial charge in [0.1, 0.15) is 0 Å². The molecular weight excluding hydrogens is 394 g/mol. The van der Waals surface area contributed by atoms with Crippen molar-refractivity contribution in [2.75, 3.05) is 44.3 Å². The number of para-hydroxylation sites is 1. The summed E-state index contributed by atoms with van der Waals surface area (Å²) >= 11 is 7.84. The summed E-state index contributed by atoms with van der Waals surface area (Å²) in [7, 11) is 0. The summed E-state index contributed by atoms with van der Waals surface area (Å²) in [6.45, 7) is 4.97. The molecule has 28 heavy (non-hydrogen) atoms. The van der Waals surface area contributed by atoms with Gasteiger partial charge in [-0.05, 0) is 30.7 Å². The number of carbonyl (C=O) groups excluding carboxylic acids is 1. The van der Waals surface area contributed by atoms with Crippen LogP contribution >= 0.6 is 22.9 Å². The second kappa shape index (κ2) is 9.01. The Morgan fingerprint density at radius 1 is 1.14 bits per heavy atom. The molecule has 1 aliphatic rings. The van der Waals surface area contributed by atoms with Crippen molar-refractivity contribution < 1.29 is 9.53 Å². The summed E-state index contributed by atoms with van der Waals surface area (Å²) in [5, 5.41) is 1.18. The van der Waals surface area contributed by atoms with Crippen molar-refractivity contribution in [1.82, 2.24) is 9.88 Å². The van der Waals surface area contributed by atoms with Crippen molar-refractivity contribution in [2.45, 2.75) is 6.42 Å². The van der Waals surface area contributed by atoms with Gasteiger partial charge in [0.25, 0.3) is 5.91 Å². The van der Waals surface area contributed by atoms with Crippen LogP contribution in [-0.2, 0) is 4.74 Å². The van der Waals surface area contributed by atoms with E-state index in [2.05, 4.69) is 4.90 Å². The van der Waals surface area contributed by atoms with E-state index in [0.29, 0.717) is 22.3 Å². The molecule has 2 aromatic carbocycles. The summed E-state index contributed by atoms with van der Waals surface area (Å²) < 4.78 is 6.48. The molecule has 0 unspecified atom stereocenters. The number of halogens is 1. The Labute approximate surface area is 173 Å². The molecule has 2 heterocycles. The topological polar surface area (TPSA) is 45.7 Å². The maximum atomic E-state index is 13.3. The molecule has 0 saturated carbocycles. The molecule has 7 heteroatoms. The highest BCUT2D eigenvalue weighted by Gasteiger charge is 2.23. The first-order valence-corrected chi connectivity index (χ1v) is 10.6. The highest BCUT2D eigenvalue weighted by Crippen LogP contribution is 2.30. The van der Waals surface area contributed by atoms with Gasteiger partial charge < -0.3 is 4.74 Å². The zero-order chi connectivity index (χ0) is 19.3. The lowest BCUT2D eigenvalue weighted by atomic mass is 10.2. The zero-order valence-electron chi connectivity index (χ0n) is 15.5. The Kier molecular flexibility index (Phi) is 6.22. The van der Waals surface area contributed by atoms with Crippen LogP contribution in [0.15, 0.2) is 48.5 Å². The predicted molar refractivity (Wildman–Crippen MR) is 115 cm³/mol. The molecule has 0 aliphatic carbocycles. The Hall–Kier alpha value is -1.99. The van der Waals surface area contributed by atoms with E-state index < -0.39 is 0 Å². The van der Waals surface area contributed by atoms with Crippen molar-refractivity contribution in [3.8, 4) is 0 Å². The highest BCUT2D eigenvalue weighted by molar-refractivity contribution is 7.22. The molecule has 3 aromatic rings. The molecule has 4 rings (SSSR count). The first-order valence-electron chi connectivity index (χ1n) is 9.44. The highest BCUT2D eigenvalue weighted by atomic mass is 35.5. The number of anilines is 1. The summed E-state index contributed by atoms with van der Waals surface area (Å²) in [6, 6.07) is 15.1. The van der Waals surface area contributed by atoms with Crippen LogP contribution in [-0.4, -0.2) is 55.2 Å². The van der Waals surface area contributed by atoms with Gasteiger partial charge >= 0.3 is 0 Å². The lowest BCUT2D eigenvalue weighted by Gasteiger charge is -2.27. The van der Waals surface area contributed by atoms with Crippen LogP contribution in [0.5, 0.6) is 0 Å². The summed E-state index contributed by atoms with van der Waals surface area (Å²) in [5.74, 6) is -0.105. The fourth-order valence-corrected chi connectivity index (χ4v) is 4.52. The molecule has 1 saturated heterocycles. The van der Waals surface area contributed by atoms with Gasteiger partial charge in [-0.15, -0.1) is 0 Å². The standard InChI is InChI=1S/C21H22ClN3O2S/c22-17-7-2-1-6-16(17)20(26)25(11-5-10-24-12-14-27-15-13-24)21-23-18-8-3-4-9-19(18)28-21/h1-4,6-9H,5,10-15H2. The number of amides is 1. The number of thiazole rings is 1. The van der Waals surface area contributed by atoms with E-state index in [9.17, 15) is 4.79 Å². The fraction of sp³-hybridized carbons (Fsp3) is 0.333. The third kappa shape index (κ3) is 4.36. The van der Waals surface area contributed by atoms with Crippen LogP contribution in [0.1, 0.15) is 16.8 Å². The van der Waals surface area contributed by atoms with E-state index in [1.165, 1.54) is 11.3 Å². The first kappa shape index (κ1) is 19.3. The number of rotatable bonds is 6. The molecule has 1 aliphatic heterocycles. The van der Waals surface area contributed by atoms with Crippen LogP contribution in [0, 0.1) is 0 Å². The summed E-state index contributed by atoms with van der Waals surface area (Å²) in [6.07, 6.45) is 0.867. The summed E-state index contributed by atoms with van der Waals surface area (Å²) in [4.78, 5) is 22.1. The minimum absolute atomic E-state index is 0.105. The number of benzene rings is 2. The Morgan fingerprint density at radius 2 is 1.89 bits per heavy atom. The number of morpholine rings is 1. The van der Waals surface area contributed by atoms with Gasteiger partial charge in [-0.1, -0.05) is 47.2 Å². The Bertz CT molecular complexity index is 922. The van der Waals surface area contributed by atoms with E-state index in [4.69, 9.17) is 21.3 Å². The van der Waals surface area contributed by atoms with Crippen molar-refractivity contribution in [3.63, 3.8) is 0 Å². The molecular formula is C21H22ClN3O2S. The van der Waals surface area contributed by atoms with Gasteiger partial charge in [0, 0.05) is 26.2 Å². The molecule has 0 bridgehead atoms. The van der Waals surface area contributed by atoms with E-state index >= 15 is 0 Å². The number of fused-ring (bicyclic) bond motifs is 1. The van der Waals surface area contributed by atoms with Gasteiger partial charge in [0.05, 0.1) is 34.0 Å². The molecule has 1 aromatic heterocycles. The average molecular weight is 416 g/mol. The van der Waals surface area contributed by atoms with Gasteiger partial charge in [0.2, 0.25) is 0 Å². The van der Waals surface area contributed by atoms with Crippen LogP contribution in [0.4, 0.5) is 5.13 Å². The number of nitrogens with zero attached hydrogens (tertiary/aromatic N) is 3. The molecule has 0 spiro atoms. The van der Waals surface area contributed by atoms with Crippen molar-refractivity contribution in [2.24, 2.45) is 0 Å². The van der Waals surface area contributed by atoms with Crippen molar-refractivity contribution >= 4 is 44.2 Å². The summed E-state index contributed by atoms with van der Waals surface area (Å²) in [5.41, 5.74) is 1.42. The number of hydrogen-bond acceptors (Lipinski definition) is 5. The molecule has 0 N–H and O–H groups in total. The lowest BCUT2D eigenvalue weighted by molar-refractivity contribution is 0.0376. The SMILES string of the molecule is O=C(c1ccccc1Cl)N(CCCN1CCOCC1)c1nc2ccccc2s1. The monoisotopic (exact) mass is 415 g/mol. The first-order chi connectivity index (χ1) is 13.7. The third-order valence-corrected chi connectivity index (χ3v) is 6.21. The number of aromatic nitrogens is 1. The van der Waals surface area contributed by atoms with Crippen molar-refractivity contribution in [3.05, 3.63) is 59.1 Å². The smallest absolute Gasteiger partial charge is 0.261 e. The normalized spacial score (nSPS) is 15.0. The third-order valence-electron chi connectivity index (χ3n) is 4.82. The lowest BCUT2D eigenvalue weighted by Crippen LogP contribution is -2.39. The zero-order valence-corrected chi connectivity index (χ0v) is 17.1. The molecule has 146 valence electrons. The van der Waals surface area contributed by atoms with Gasteiger partial charge in [0.15, 0.2) is 5.13 Å². The second-order valence-electron chi connectivity index (χ2n) is 6.71. The molecule has 1 fully saturated rings. The molecule has 5 nitrogen and oxygen atoms in total. The largest absolute Gasteiger partial charge is 0.379 e. The Balaban J connectivity index is 1.56. The van der Waals surface area contributed by atoms with E-state index in [1.807, 2.05) is 36.4 Å². The van der Waals surface area contributed by atoms with Crippen LogP contribution in [0.25, 0.3) is 10.2 Å². The number of carbonyl (C=O) groups is 1. The molecule has 0 radical (unpaired) electrons. The minimum Gasteiger partial charge on any atom is -0.379 e. The number of hydrogen-bond donors (Lipinski definition) is 0. The Morgan fingerprint density at radius 3 is 2.68 bits per heavy atom. The van der Waals surface area contributed by atoms with Crippen LogP contribution < -0.4 is 4.90 Å². The van der Waals surface area contributed by atoms with Gasteiger partial charge in [-0.3, -0.25) is 14.6 Å². The van der Waals surface area contributed by atoms with Crippen molar-refractivity contribution in [1.29, 1.82) is 0 Å². The van der Waals surface area contributed by atoms with Gasteiger partial charge in [-0.25, -0.2) is 4.98 Å². The van der Waals surface area contributed by atoms with E-state index in [1.54, 1.807) is 17.0 Å². The van der Waals surface area contributed by atoms with E-state index in [0.717, 1.165) is 49.5 Å². The molecule has 1 amide bonds. The second-order valence-corrected chi connectivity index (χ2v) is 8.12. The predicted octanol–water partition coefficient (Wildman–Crippen LogP) is 4.32. The van der Waals surface area contributed by atoms with Crippen LogP contribution in [0.2, 0.25) is 5.02 Å². The van der Waals surface area contributed by atoms with E-state index in [-0.39, 0.29) is 5.91 Å². The maximum Gasteiger partial charge on any atom is 0.261 e. The maximum absolute atomic E-state index is 13.3. The van der Waals surface area contributed by atoms with Crippen LogP contribution in [0.3, 0.4) is 0 Å². The fourth-order valence-electron chi connectivity index (χ4n) is 3.32. The van der Waals surface area contributed by atoms with Gasteiger partial charge in [-0.2, -0.15) is 0 Å².